The van der Waals surface area contributed by atoms with Crippen LogP contribution in [0.5, 0.6) is 0 Å². The van der Waals surface area contributed by atoms with Crippen LogP contribution in [0, 0.1) is 0 Å². The summed E-state index contributed by atoms with van der Waals surface area (Å²) in [6.07, 6.45) is 0.279. The fourth-order valence-electron chi connectivity index (χ4n) is 4.35. The quantitative estimate of drug-likeness (QED) is 0.289. The number of hydrogen-bond donors (Lipinski definition) is 0. The molecule has 0 unspecified atom stereocenters. The highest BCUT2D eigenvalue weighted by molar-refractivity contribution is 7.92. The van der Waals surface area contributed by atoms with E-state index < -0.39 is 10.0 Å². The van der Waals surface area contributed by atoms with Crippen molar-refractivity contribution in [2.45, 2.75) is 23.5 Å². The molecular weight excluding hydrogens is 480 g/mol. The summed E-state index contributed by atoms with van der Waals surface area (Å²) < 4.78 is 28.9. The molecule has 0 N–H and O–H groups in total. The molecule has 1 aliphatic rings. The van der Waals surface area contributed by atoms with Crippen molar-refractivity contribution in [3.05, 3.63) is 126 Å². The Hall–Kier alpha value is -3.32. The van der Waals surface area contributed by atoms with Gasteiger partial charge in [0.15, 0.2) is 0 Å². The van der Waals surface area contributed by atoms with E-state index in [1.165, 1.54) is 16.4 Å². The van der Waals surface area contributed by atoms with E-state index in [2.05, 4.69) is 12.1 Å². The van der Waals surface area contributed by atoms with Gasteiger partial charge in [0.2, 0.25) is 0 Å². The molecule has 1 saturated heterocycles. The summed E-state index contributed by atoms with van der Waals surface area (Å²) in [6.45, 7) is 0.168. The minimum Gasteiger partial charge on any atom is -0.268 e. The molecule has 7 heteroatoms. The Morgan fingerprint density at radius 2 is 1.37 bits per heavy atom. The van der Waals surface area contributed by atoms with Crippen molar-refractivity contribution in [2.75, 3.05) is 15.9 Å². The smallest absolute Gasteiger partial charge is 0.264 e. The van der Waals surface area contributed by atoms with E-state index in [1.807, 2.05) is 71.8 Å². The highest BCUT2D eigenvalue weighted by atomic mass is 35.5. The molecule has 2 atom stereocenters. The summed E-state index contributed by atoms with van der Waals surface area (Å²) in [6, 6.07) is 35.4. The van der Waals surface area contributed by atoms with Crippen LogP contribution in [-0.2, 0) is 14.9 Å². The summed E-state index contributed by atoms with van der Waals surface area (Å²) in [5, 5.41) is 2.39. The van der Waals surface area contributed by atoms with Crippen LogP contribution in [0.25, 0.3) is 0 Å². The van der Waals surface area contributed by atoms with Crippen molar-refractivity contribution in [3.63, 3.8) is 0 Å². The monoisotopic (exact) mass is 504 g/mol. The molecular formula is C28H25ClN2O3S. The number of halogens is 1. The first-order chi connectivity index (χ1) is 17.0. The van der Waals surface area contributed by atoms with Gasteiger partial charge in [-0.05, 0) is 54.1 Å². The lowest BCUT2D eigenvalue weighted by Gasteiger charge is -2.28. The summed E-state index contributed by atoms with van der Waals surface area (Å²) in [4.78, 5) is 6.61. The number of anilines is 2. The van der Waals surface area contributed by atoms with Gasteiger partial charge in [0.05, 0.1) is 28.9 Å². The second-order valence-electron chi connectivity index (χ2n) is 8.38. The molecule has 4 aromatic carbocycles. The molecule has 35 heavy (non-hydrogen) atoms. The predicted molar refractivity (Wildman–Crippen MR) is 140 cm³/mol. The van der Waals surface area contributed by atoms with Crippen molar-refractivity contribution in [1.29, 1.82) is 0 Å². The molecule has 0 radical (unpaired) electrons. The van der Waals surface area contributed by atoms with Crippen molar-refractivity contribution >= 4 is 33.0 Å². The first kappa shape index (κ1) is 23.4. The lowest BCUT2D eigenvalue weighted by atomic mass is 10.0. The lowest BCUT2D eigenvalue weighted by Crippen LogP contribution is -2.38. The van der Waals surface area contributed by atoms with Gasteiger partial charge in [-0.15, -0.1) is 0 Å². The Bertz CT molecular complexity index is 1300. The second kappa shape index (κ2) is 10.1. The fourth-order valence-corrected chi connectivity index (χ4v) is 5.97. The lowest BCUT2D eigenvalue weighted by molar-refractivity contribution is 0.0898. The number of hydroxylamine groups is 1. The SMILES string of the molecule is O=S(=O)(c1ccc(Cl)cc1)N(C[C@H]1C[C@@H](c2ccccc2)N(c2ccccc2)O1)c1ccccc1. The molecule has 0 aromatic heterocycles. The van der Waals surface area contributed by atoms with Gasteiger partial charge in [0.1, 0.15) is 6.10 Å². The van der Waals surface area contributed by atoms with Crippen LogP contribution in [0.3, 0.4) is 0 Å². The average Bonchev–Trinajstić information content (AvgIpc) is 3.33. The zero-order valence-electron chi connectivity index (χ0n) is 18.9. The maximum atomic E-state index is 13.7. The van der Waals surface area contributed by atoms with Gasteiger partial charge in [-0.2, -0.15) is 0 Å². The molecule has 0 spiro atoms. The Morgan fingerprint density at radius 3 is 2.00 bits per heavy atom. The van der Waals surface area contributed by atoms with Crippen LogP contribution in [0.1, 0.15) is 18.0 Å². The van der Waals surface area contributed by atoms with E-state index in [1.54, 1.807) is 24.3 Å². The van der Waals surface area contributed by atoms with Crippen LogP contribution in [0.4, 0.5) is 11.4 Å². The zero-order valence-corrected chi connectivity index (χ0v) is 20.5. The third kappa shape index (κ3) is 5.05. The average molecular weight is 505 g/mol. The first-order valence-electron chi connectivity index (χ1n) is 11.4. The normalized spacial score (nSPS) is 17.9. The highest BCUT2D eigenvalue weighted by Gasteiger charge is 2.38. The standard InChI is InChI=1S/C28H25ClN2O3S/c29-23-16-18-27(19-17-23)35(32,33)30(24-12-6-2-7-13-24)21-26-20-28(22-10-4-1-5-11-22)31(34-26)25-14-8-3-9-15-25/h1-19,26,28H,20-21H2/t26-,28+/m1/s1. The van der Waals surface area contributed by atoms with E-state index in [4.69, 9.17) is 16.4 Å². The molecule has 0 saturated carbocycles. The van der Waals surface area contributed by atoms with Gasteiger partial charge >= 0.3 is 0 Å². The van der Waals surface area contributed by atoms with Crippen molar-refractivity contribution < 1.29 is 13.3 Å². The third-order valence-electron chi connectivity index (χ3n) is 6.04. The molecule has 5 nitrogen and oxygen atoms in total. The minimum atomic E-state index is -3.85. The van der Waals surface area contributed by atoms with Crippen molar-refractivity contribution in [2.24, 2.45) is 0 Å². The van der Waals surface area contributed by atoms with Crippen molar-refractivity contribution in [3.8, 4) is 0 Å². The maximum absolute atomic E-state index is 13.7. The maximum Gasteiger partial charge on any atom is 0.264 e. The largest absolute Gasteiger partial charge is 0.268 e. The molecule has 0 amide bonds. The van der Waals surface area contributed by atoms with Crippen LogP contribution in [0.15, 0.2) is 120 Å². The van der Waals surface area contributed by atoms with Gasteiger partial charge in [0, 0.05) is 11.4 Å². The summed E-state index contributed by atoms with van der Waals surface area (Å²) in [7, 11) is -3.85. The van der Waals surface area contributed by atoms with Crippen LogP contribution in [0.2, 0.25) is 5.02 Å². The first-order valence-corrected chi connectivity index (χ1v) is 13.2. The highest BCUT2D eigenvalue weighted by Crippen LogP contribution is 2.39. The van der Waals surface area contributed by atoms with E-state index in [0.29, 0.717) is 17.1 Å². The number of sulfonamides is 1. The van der Waals surface area contributed by atoms with E-state index in [0.717, 1.165) is 11.3 Å². The summed E-state index contributed by atoms with van der Waals surface area (Å²) in [5.74, 6) is 0. The molecule has 0 aliphatic carbocycles. The Morgan fingerprint density at radius 1 is 0.800 bits per heavy atom. The predicted octanol–water partition coefficient (Wildman–Crippen LogP) is 6.49. The second-order valence-corrected chi connectivity index (χ2v) is 10.7. The Balaban J connectivity index is 1.49. The van der Waals surface area contributed by atoms with E-state index in [9.17, 15) is 8.42 Å². The zero-order chi connectivity index (χ0) is 24.3. The Labute approximate surface area is 211 Å². The van der Waals surface area contributed by atoms with Crippen LogP contribution in [-0.4, -0.2) is 21.1 Å². The topological polar surface area (TPSA) is 49.9 Å². The molecule has 1 fully saturated rings. The molecule has 1 aliphatic heterocycles. The van der Waals surface area contributed by atoms with Gasteiger partial charge in [-0.1, -0.05) is 78.3 Å². The van der Waals surface area contributed by atoms with Crippen LogP contribution < -0.4 is 9.37 Å². The number of hydrogen-bond acceptors (Lipinski definition) is 4. The summed E-state index contributed by atoms with van der Waals surface area (Å²) >= 11 is 6.01. The number of rotatable bonds is 7. The van der Waals surface area contributed by atoms with Gasteiger partial charge in [-0.3, -0.25) is 9.14 Å². The van der Waals surface area contributed by atoms with Gasteiger partial charge in [-0.25, -0.2) is 13.5 Å². The molecule has 5 rings (SSSR count). The molecule has 178 valence electrons. The number of nitrogens with zero attached hydrogens (tertiary/aromatic N) is 2. The van der Waals surface area contributed by atoms with Crippen molar-refractivity contribution in [1.82, 2.24) is 0 Å². The van der Waals surface area contributed by atoms with E-state index >= 15 is 0 Å². The minimum absolute atomic E-state index is 0.0422. The summed E-state index contributed by atoms with van der Waals surface area (Å²) in [5.41, 5.74) is 2.63. The number of benzene rings is 4. The van der Waals surface area contributed by atoms with E-state index in [-0.39, 0.29) is 23.6 Å². The van der Waals surface area contributed by atoms with Crippen LogP contribution >= 0.6 is 11.6 Å². The Kier molecular flexibility index (Phi) is 6.77. The molecule has 1 heterocycles. The molecule has 4 aromatic rings. The molecule has 0 bridgehead atoms. The number of para-hydroxylation sites is 2. The third-order valence-corrected chi connectivity index (χ3v) is 8.10. The van der Waals surface area contributed by atoms with Gasteiger partial charge < -0.3 is 0 Å². The van der Waals surface area contributed by atoms with Gasteiger partial charge in [0.25, 0.3) is 10.0 Å². The fraction of sp³-hybridized carbons (Fsp3) is 0.143.